The average molecular weight is 212 g/mol. The minimum atomic E-state index is -0.484. The largest absolute Gasteiger partial charge is 0.640 e. The maximum absolute atomic E-state index is 5.73. The molecule has 1 saturated carbocycles. The molecule has 0 aromatic rings. The molecular weight excluding hydrogens is 191 g/mol. The van der Waals surface area contributed by atoms with Gasteiger partial charge in [-0.1, -0.05) is 6.92 Å². The molecule has 0 amide bonds. The standard InChI is InChI=1S/C11H21BO3/c1-8-6-9(8)7-13-12-14-10(2,3)11(4,5)15-12/h8-9H,6-7H2,1-5H3. The lowest BCUT2D eigenvalue weighted by molar-refractivity contribution is 0.00578. The third kappa shape index (κ3) is 2.22. The van der Waals surface area contributed by atoms with E-state index in [2.05, 4.69) is 6.92 Å². The van der Waals surface area contributed by atoms with Crippen LogP contribution in [-0.4, -0.2) is 25.1 Å². The Morgan fingerprint density at radius 2 is 1.67 bits per heavy atom. The van der Waals surface area contributed by atoms with Crippen molar-refractivity contribution < 1.29 is 14.0 Å². The van der Waals surface area contributed by atoms with Crippen molar-refractivity contribution >= 4 is 7.32 Å². The molecule has 2 atom stereocenters. The van der Waals surface area contributed by atoms with Gasteiger partial charge in [0, 0.05) is 6.61 Å². The molecule has 0 aromatic carbocycles. The third-order valence-electron chi connectivity index (χ3n) is 3.95. The topological polar surface area (TPSA) is 27.7 Å². The Hall–Kier alpha value is -0.0551. The molecule has 2 rings (SSSR count). The molecule has 0 radical (unpaired) electrons. The van der Waals surface area contributed by atoms with Gasteiger partial charge in [-0.25, -0.2) is 0 Å². The second-order valence-corrected chi connectivity index (χ2v) is 5.85. The van der Waals surface area contributed by atoms with E-state index >= 15 is 0 Å². The van der Waals surface area contributed by atoms with Crippen molar-refractivity contribution in [3.05, 3.63) is 0 Å². The fourth-order valence-electron chi connectivity index (χ4n) is 1.69. The summed E-state index contributed by atoms with van der Waals surface area (Å²) in [5.41, 5.74) is -0.570. The van der Waals surface area contributed by atoms with E-state index in [1.807, 2.05) is 27.7 Å². The SMILES string of the molecule is CC1CC1COB1OC(C)(C)C(C)(C)O1. The van der Waals surface area contributed by atoms with Gasteiger partial charge in [-0.2, -0.15) is 0 Å². The normalized spacial score (nSPS) is 37.0. The van der Waals surface area contributed by atoms with Crippen LogP contribution in [0.15, 0.2) is 0 Å². The minimum absolute atomic E-state index is 0.285. The Morgan fingerprint density at radius 1 is 1.20 bits per heavy atom. The molecule has 0 aromatic heterocycles. The molecule has 1 aliphatic carbocycles. The Morgan fingerprint density at radius 3 is 2.07 bits per heavy atom. The van der Waals surface area contributed by atoms with Crippen LogP contribution in [-0.2, 0) is 14.0 Å². The van der Waals surface area contributed by atoms with Crippen LogP contribution >= 0.6 is 0 Å². The van der Waals surface area contributed by atoms with Gasteiger partial charge in [0.2, 0.25) is 0 Å². The van der Waals surface area contributed by atoms with Gasteiger partial charge in [-0.05, 0) is 46.0 Å². The van der Waals surface area contributed by atoms with Gasteiger partial charge < -0.3 is 14.0 Å². The Labute approximate surface area is 92.6 Å². The Balaban J connectivity index is 1.81. The van der Waals surface area contributed by atoms with Gasteiger partial charge in [0.25, 0.3) is 0 Å². The first-order valence-corrected chi connectivity index (χ1v) is 5.79. The molecule has 0 bridgehead atoms. The number of hydrogen-bond acceptors (Lipinski definition) is 3. The molecule has 0 spiro atoms. The van der Waals surface area contributed by atoms with Crippen LogP contribution < -0.4 is 0 Å². The summed E-state index contributed by atoms with van der Waals surface area (Å²) in [5, 5.41) is 0. The summed E-state index contributed by atoms with van der Waals surface area (Å²) in [6.45, 7) is 11.2. The molecule has 2 unspecified atom stereocenters. The summed E-state index contributed by atoms with van der Waals surface area (Å²) in [5.74, 6) is 1.52. The molecule has 4 heteroatoms. The highest BCUT2D eigenvalue weighted by Crippen LogP contribution is 2.40. The minimum Gasteiger partial charge on any atom is -0.386 e. The van der Waals surface area contributed by atoms with Crippen molar-refractivity contribution in [1.29, 1.82) is 0 Å². The summed E-state index contributed by atoms with van der Waals surface area (Å²) in [6.07, 6.45) is 1.28. The van der Waals surface area contributed by atoms with Gasteiger partial charge in [0.15, 0.2) is 0 Å². The molecule has 1 heterocycles. The summed E-state index contributed by atoms with van der Waals surface area (Å²) >= 11 is 0. The maximum atomic E-state index is 5.73. The third-order valence-corrected chi connectivity index (χ3v) is 3.95. The second kappa shape index (κ2) is 3.47. The van der Waals surface area contributed by atoms with Crippen molar-refractivity contribution in [2.75, 3.05) is 6.61 Å². The first-order valence-electron chi connectivity index (χ1n) is 5.79. The van der Waals surface area contributed by atoms with Crippen LogP contribution in [0.4, 0.5) is 0 Å². The van der Waals surface area contributed by atoms with E-state index in [1.165, 1.54) is 6.42 Å². The molecule has 2 aliphatic rings. The van der Waals surface area contributed by atoms with E-state index in [0.29, 0.717) is 5.92 Å². The van der Waals surface area contributed by atoms with Gasteiger partial charge in [0.05, 0.1) is 11.2 Å². The molecule has 1 aliphatic heterocycles. The van der Waals surface area contributed by atoms with E-state index in [1.54, 1.807) is 0 Å². The quantitative estimate of drug-likeness (QED) is 0.671. The van der Waals surface area contributed by atoms with Crippen LogP contribution in [0.2, 0.25) is 0 Å². The van der Waals surface area contributed by atoms with Crippen molar-refractivity contribution in [2.24, 2.45) is 11.8 Å². The van der Waals surface area contributed by atoms with Crippen LogP contribution in [0.3, 0.4) is 0 Å². The summed E-state index contributed by atoms with van der Waals surface area (Å²) < 4.78 is 17.1. The van der Waals surface area contributed by atoms with Crippen molar-refractivity contribution in [3.8, 4) is 0 Å². The Bertz CT molecular complexity index is 236. The summed E-state index contributed by atoms with van der Waals surface area (Å²) in [7, 11) is -0.484. The van der Waals surface area contributed by atoms with Gasteiger partial charge >= 0.3 is 7.32 Å². The van der Waals surface area contributed by atoms with E-state index in [4.69, 9.17) is 14.0 Å². The lowest BCUT2D eigenvalue weighted by Crippen LogP contribution is -2.41. The van der Waals surface area contributed by atoms with Crippen LogP contribution in [0.5, 0.6) is 0 Å². The first kappa shape index (κ1) is 11.4. The van der Waals surface area contributed by atoms with Crippen molar-refractivity contribution in [1.82, 2.24) is 0 Å². The molecule has 1 saturated heterocycles. The van der Waals surface area contributed by atoms with Gasteiger partial charge in [-0.15, -0.1) is 0 Å². The van der Waals surface area contributed by atoms with Crippen molar-refractivity contribution in [2.45, 2.75) is 52.2 Å². The van der Waals surface area contributed by atoms with E-state index < -0.39 is 7.32 Å². The number of hydrogen-bond donors (Lipinski definition) is 0. The smallest absolute Gasteiger partial charge is 0.386 e. The predicted molar refractivity (Wildman–Crippen MR) is 59.3 cm³/mol. The van der Waals surface area contributed by atoms with E-state index in [-0.39, 0.29) is 11.2 Å². The molecule has 2 fully saturated rings. The Kier molecular flexibility index (Phi) is 2.65. The number of rotatable bonds is 3. The lowest BCUT2D eigenvalue weighted by atomic mass is 9.90. The van der Waals surface area contributed by atoms with Crippen LogP contribution in [0, 0.1) is 11.8 Å². The van der Waals surface area contributed by atoms with Gasteiger partial charge in [-0.3, -0.25) is 0 Å². The zero-order valence-corrected chi connectivity index (χ0v) is 10.4. The van der Waals surface area contributed by atoms with Crippen LogP contribution in [0.1, 0.15) is 41.0 Å². The highest BCUT2D eigenvalue weighted by atomic mass is 16.8. The fraction of sp³-hybridized carbons (Fsp3) is 1.00. The predicted octanol–water partition coefficient (Wildman–Crippen LogP) is 2.25. The van der Waals surface area contributed by atoms with Gasteiger partial charge in [0.1, 0.15) is 0 Å². The summed E-state index contributed by atoms with van der Waals surface area (Å²) in [6, 6.07) is 0. The molecule has 0 N–H and O–H groups in total. The zero-order valence-electron chi connectivity index (χ0n) is 10.4. The second-order valence-electron chi connectivity index (χ2n) is 5.85. The zero-order chi connectivity index (χ0) is 11.3. The molecule has 86 valence electrons. The fourth-order valence-corrected chi connectivity index (χ4v) is 1.69. The summed E-state index contributed by atoms with van der Waals surface area (Å²) in [4.78, 5) is 0. The maximum Gasteiger partial charge on any atom is 0.640 e. The molecular formula is C11H21BO3. The van der Waals surface area contributed by atoms with E-state index in [9.17, 15) is 0 Å². The van der Waals surface area contributed by atoms with Crippen LogP contribution in [0.25, 0.3) is 0 Å². The molecule has 15 heavy (non-hydrogen) atoms. The lowest BCUT2D eigenvalue weighted by Gasteiger charge is -2.31. The monoisotopic (exact) mass is 212 g/mol. The molecule has 3 nitrogen and oxygen atoms in total. The average Bonchev–Trinajstić information content (AvgIpc) is 2.71. The van der Waals surface area contributed by atoms with E-state index in [0.717, 1.165) is 12.5 Å². The van der Waals surface area contributed by atoms with Crippen molar-refractivity contribution in [3.63, 3.8) is 0 Å². The highest BCUT2D eigenvalue weighted by molar-refractivity contribution is 6.37. The first-order chi connectivity index (χ1) is 6.82. The highest BCUT2D eigenvalue weighted by Gasteiger charge is 2.53.